The standard InChI is InChI=1S/C9H12N2O8S4/c1-3-21(14,15)7-5-9-8(4-6(7)20(2,12)13)22(16,17)10-11-23(9,18)19/h4-5,10-11H,3H2,1-2H3. The van der Waals surface area contributed by atoms with Gasteiger partial charge in [-0.05, 0) is 12.1 Å². The van der Waals surface area contributed by atoms with Crippen molar-refractivity contribution in [3.63, 3.8) is 0 Å². The molecule has 0 atom stereocenters. The van der Waals surface area contributed by atoms with E-state index in [0.29, 0.717) is 18.4 Å². The highest BCUT2D eigenvalue weighted by Crippen LogP contribution is 2.32. The van der Waals surface area contributed by atoms with Crippen LogP contribution >= 0.6 is 0 Å². The summed E-state index contributed by atoms with van der Waals surface area (Å²) in [5.41, 5.74) is 0. The van der Waals surface area contributed by atoms with Gasteiger partial charge in [0.1, 0.15) is 9.79 Å². The van der Waals surface area contributed by atoms with Gasteiger partial charge in [-0.15, -0.1) is 9.66 Å². The fraction of sp³-hybridized carbons (Fsp3) is 0.333. The highest BCUT2D eigenvalue weighted by molar-refractivity contribution is 7.96. The molecule has 130 valence electrons. The van der Waals surface area contributed by atoms with E-state index in [9.17, 15) is 33.7 Å². The van der Waals surface area contributed by atoms with Crippen molar-refractivity contribution >= 4 is 39.7 Å². The van der Waals surface area contributed by atoms with Gasteiger partial charge in [0.2, 0.25) is 0 Å². The van der Waals surface area contributed by atoms with Crippen LogP contribution in [0.4, 0.5) is 0 Å². The van der Waals surface area contributed by atoms with Crippen molar-refractivity contribution in [2.24, 2.45) is 0 Å². The summed E-state index contributed by atoms with van der Waals surface area (Å²) in [6.07, 6.45) is 0.693. The zero-order chi connectivity index (χ0) is 17.8. The first kappa shape index (κ1) is 18.3. The smallest absolute Gasteiger partial charge is 0.224 e. The number of sulfone groups is 2. The molecular formula is C9H12N2O8S4. The third kappa shape index (κ3) is 3.14. The van der Waals surface area contributed by atoms with Crippen LogP contribution in [-0.2, 0) is 39.7 Å². The maximum absolute atomic E-state index is 12.1. The van der Waals surface area contributed by atoms with E-state index in [2.05, 4.69) is 0 Å². The average Bonchev–Trinajstić information content (AvgIpc) is 2.42. The van der Waals surface area contributed by atoms with Crippen molar-refractivity contribution in [1.29, 1.82) is 0 Å². The summed E-state index contributed by atoms with van der Waals surface area (Å²) in [4.78, 5) is -0.121. The van der Waals surface area contributed by atoms with E-state index in [1.54, 1.807) is 9.66 Å². The summed E-state index contributed by atoms with van der Waals surface area (Å²) in [5, 5.41) is 0. The van der Waals surface area contributed by atoms with E-state index >= 15 is 0 Å². The molecule has 0 saturated carbocycles. The molecule has 14 heteroatoms. The molecule has 0 saturated heterocycles. The first-order chi connectivity index (χ1) is 10.2. The molecule has 10 nitrogen and oxygen atoms in total. The number of benzene rings is 1. The summed E-state index contributed by atoms with van der Waals surface area (Å²) >= 11 is 0. The van der Waals surface area contributed by atoms with E-state index in [0.717, 1.165) is 0 Å². The van der Waals surface area contributed by atoms with Crippen molar-refractivity contribution in [1.82, 2.24) is 9.66 Å². The monoisotopic (exact) mass is 404 g/mol. The van der Waals surface area contributed by atoms with Crippen LogP contribution in [0.1, 0.15) is 6.92 Å². The van der Waals surface area contributed by atoms with Crippen molar-refractivity contribution in [3.05, 3.63) is 12.1 Å². The molecule has 1 aliphatic heterocycles. The van der Waals surface area contributed by atoms with Crippen LogP contribution in [0.25, 0.3) is 0 Å². The van der Waals surface area contributed by atoms with Gasteiger partial charge in [0.25, 0.3) is 20.0 Å². The largest absolute Gasteiger partial charge is 0.255 e. The topological polar surface area (TPSA) is 161 Å². The van der Waals surface area contributed by atoms with Crippen LogP contribution in [0.15, 0.2) is 31.7 Å². The second-order valence-corrected chi connectivity index (χ2v) is 12.2. The molecule has 0 amide bonds. The summed E-state index contributed by atoms with van der Waals surface area (Å²) in [7, 11) is -17.0. The zero-order valence-corrected chi connectivity index (χ0v) is 15.0. The number of hydrogen-bond donors (Lipinski definition) is 2. The van der Waals surface area contributed by atoms with E-state index in [4.69, 9.17) is 0 Å². The molecule has 0 aliphatic carbocycles. The number of rotatable bonds is 3. The Hall–Kier alpha value is -1.06. The minimum absolute atomic E-state index is 0.493. The molecule has 1 heterocycles. The van der Waals surface area contributed by atoms with Crippen LogP contribution in [0, 0.1) is 0 Å². The molecule has 1 aromatic carbocycles. The number of nitrogens with one attached hydrogen (secondary N) is 2. The Balaban J connectivity index is 3.10. The van der Waals surface area contributed by atoms with Gasteiger partial charge >= 0.3 is 0 Å². The maximum atomic E-state index is 12.1. The summed E-state index contributed by atoms with van der Waals surface area (Å²) in [6, 6.07) is 1.08. The fourth-order valence-corrected chi connectivity index (χ4v) is 7.51. The Morgan fingerprint density at radius 2 is 1.26 bits per heavy atom. The lowest BCUT2D eigenvalue weighted by Gasteiger charge is -2.20. The Labute approximate surface area is 133 Å². The third-order valence-corrected chi connectivity index (χ3v) is 8.88. The summed E-state index contributed by atoms with van der Waals surface area (Å²) < 4.78 is 95.4. The van der Waals surface area contributed by atoms with E-state index < -0.39 is 65.1 Å². The molecule has 0 bridgehead atoms. The molecule has 23 heavy (non-hydrogen) atoms. The van der Waals surface area contributed by atoms with E-state index in [-0.39, 0.29) is 0 Å². The average molecular weight is 404 g/mol. The number of hydrogen-bond acceptors (Lipinski definition) is 8. The van der Waals surface area contributed by atoms with Crippen molar-refractivity contribution in [3.8, 4) is 0 Å². The number of fused-ring (bicyclic) bond motifs is 1. The van der Waals surface area contributed by atoms with Crippen molar-refractivity contribution in [2.75, 3.05) is 12.0 Å². The summed E-state index contributed by atoms with van der Waals surface area (Å²) in [6.45, 7) is 1.24. The summed E-state index contributed by atoms with van der Waals surface area (Å²) in [5.74, 6) is -0.493. The molecule has 2 rings (SSSR count). The first-order valence-electron chi connectivity index (χ1n) is 5.87. The van der Waals surface area contributed by atoms with Crippen molar-refractivity contribution in [2.45, 2.75) is 26.5 Å². The highest BCUT2D eigenvalue weighted by atomic mass is 32.2. The Bertz CT molecular complexity index is 1100. The molecular weight excluding hydrogens is 392 g/mol. The second kappa shape index (κ2) is 5.22. The molecule has 0 spiro atoms. The van der Waals surface area contributed by atoms with Gasteiger partial charge in [-0.1, -0.05) is 6.92 Å². The highest BCUT2D eigenvalue weighted by Gasteiger charge is 2.37. The predicted octanol–water partition coefficient (Wildman–Crippen LogP) is -1.63. The van der Waals surface area contributed by atoms with E-state index in [1.807, 2.05) is 0 Å². The van der Waals surface area contributed by atoms with Gasteiger partial charge in [-0.2, -0.15) is 0 Å². The van der Waals surface area contributed by atoms with Gasteiger partial charge in [0.15, 0.2) is 19.7 Å². The van der Waals surface area contributed by atoms with Crippen LogP contribution in [-0.4, -0.2) is 45.7 Å². The van der Waals surface area contributed by atoms with Gasteiger partial charge in [0.05, 0.1) is 15.5 Å². The molecule has 0 fully saturated rings. The molecule has 0 aromatic heterocycles. The molecule has 0 radical (unpaired) electrons. The first-order valence-corrected chi connectivity index (χ1v) is 12.4. The van der Waals surface area contributed by atoms with Gasteiger partial charge in [0, 0.05) is 6.26 Å². The number of sulfonamides is 2. The number of hydrazine groups is 1. The predicted molar refractivity (Wildman–Crippen MR) is 77.9 cm³/mol. The molecule has 0 unspecified atom stereocenters. The molecule has 2 N–H and O–H groups in total. The quantitative estimate of drug-likeness (QED) is 0.607. The normalized spacial score (nSPS) is 19.9. The Morgan fingerprint density at radius 3 is 1.61 bits per heavy atom. The van der Waals surface area contributed by atoms with Crippen LogP contribution < -0.4 is 9.66 Å². The molecule has 1 aliphatic rings. The SMILES string of the molecule is CCS(=O)(=O)c1cc2c(cc1S(C)(=O)=O)S(=O)(=O)NNS2(=O)=O. The van der Waals surface area contributed by atoms with Crippen LogP contribution in [0.5, 0.6) is 0 Å². The van der Waals surface area contributed by atoms with Gasteiger partial charge < -0.3 is 0 Å². The lowest BCUT2D eigenvalue weighted by Crippen LogP contribution is -2.46. The van der Waals surface area contributed by atoms with Gasteiger partial charge in [-0.25, -0.2) is 33.7 Å². The van der Waals surface area contributed by atoms with Crippen LogP contribution in [0.2, 0.25) is 0 Å². The molecule has 1 aromatic rings. The zero-order valence-electron chi connectivity index (χ0n) is 11.8. The Kier molecular flexibility index (Phi) is 4.15. The minimum atomic E-state index is -4.37. The Morgan fingerprint density at radius 1 is 0.870 bits per heavy atom. The van der Waals surface area contributed by atoms with Crippen LogP contribution in [0.3, 0.4) is 0 Å². The lowest BCUT2D eigenvalue weighted by molar-refractivity contribution is 0.541. The fourth-order valence-electron chi connectivity index (χ4n) is 1.85. The maximum Gasteiger partial charge on any atom is 0.255 e. The van der Waals surface area contributed by atoms with Crippen molar-refractivity contribution < 1.29 is 33.7 Å². The van der Waals surface area contributed by atoms with E-state index in [1.165, 1.54) is 6.92 Å². The second-order valence-electron chi connectivity index (χ2n) is 4.63. The van der Waals surface area contributed by atoms with Gasteiger partial charge in [-0.3, -0.25) is 0 Å². The third-order valence-electron chi connectivity index (χ3n) is 3.01. The minimum Gasteiger partial charge on any atom is -0.224 e. The lowest BCUT2D eigenvalue weighted by atomic mass is 10.3.